The van der Waals surface area contributed by atoms with Crippen LogP contribution < -0.4 is 14.8 Å². The largest absolute Gasteiger partial charge is 0.465 e. The summed E-state index contributed by atoms with van der Waals surface area (Å²) >= 11 is 0. The standard InChI is InChI=1S/C30H38N2O10S/c33-28(24(31-30(34)35)15-19-7-3-1-4-8-19)27(23-17-39-29-22(23)13-14-38-29)32(42-20-9-5-2-6-10-20)43(36,37)21-11-12-25-26(16-21)41-18-40-25/h1,3-4,7-8,11-12,16,20,22-24,27-29,31,33H,2,5-6,9-10,13-15,17-18H2,(H,34,35)/t22-,23+,24-,27?,28+,29+/m0/s1. The van der Waals surface area contributed by atoms with Gasteiger partial charge in [0.15, 0.2) is 17.8 Å². The maximum Gasteiger partial charge on any atom is 0.404 e. The molecule has 43 heavy (non-hydrogen) atoms. The lowest BCUT2D eigenvalue weighted by atomic mass is 9.82. The van der Waals surface area contributed by atoms with Gasteiger partial charge in [-0.15, -0.1) is 0 Å². The third-order valence-corrected chi connectivity index (χ3v) is 10.5. The first-order valence-corrected chi connectivity index (χ1v) is 16.3. The van der Waals surface area contributed by atoms with Crippen LogP contribution in [-0.2, 0) is 30.8 Å². The second-order valence-electron chi connectivity index (χ2n) is 11.6. The molecule has 1 aliphatic carbocycles. The smallest absolute Gasteiger partial charge is 0.404 e. The molecule has 0 radical (unpaired) electrons. The number of hydrogen-bond donors (Lipinski definition) is 3. The Kier molecular flexibility index (Phi) is 9.08. The van der Waals surface area contributed by atoms with E-state index in [0.717, 1.165) is 29.3 Å². The number of rotatable bonds is 11. The van der Waals surface area contributed by atoms with Crippen LogP contribution in [0, 0.1) is 11.8 Å². The minimum Gasteiger partial charge on any atom is -0.465 e. The maximum atomic E-state index is 14.6. The van der Waals surface area contributed by atoms with Crippen molar-refractivity contribution >= 4 is 16.1 Å². The molecule has 1 unspecified atom stereocenters. The van der Waals surface area contributed by atoms with Gasteiger partial charge in [0.2, 0.25) is 6.79 Å². The Labute approximate surface area is 250 Å². The van der Waals surface area contributed by atoms with Gasteiger partial charge in [0.1, 0.15) is 0 Å². The minimum absolute atomic E-state index is 0.0209. The van der Waals surface area contributed by atoms with Crippen molar-refractivity contribution in [3.63, 3.8) is 0 Å². The highest BCUT2D eigenvalue weighted by atomic mass is 32.2. The summed E-state index contributed by atoms with van der Waals surface area (Å²) in [6, 6.07) is 11.2. The number of hydroxylamine groups is 1. The Balaban J connectivity index is 1.43. The van der Waals surface area contributed by atoms with Crippen molar-refractivity contribution in [3.05, 3.63) is 54.1 Å². The van der Waals surface area contributed by atoms with Gasteiger partial charge < -0.3 is 34.5 Å². The van der Waals surface area contributed by atoms with E-state index in [1.54, 1.807) is 0 Å². The summed E-state index contributed by atoms with van der Waals surface area (Å²) in [4.78, 5) is 18.3. The van der Waals surface area contributed by atoms with E-state index in [1.165, 1.54) is 18.2 Å². The summed E-state index contributed by atoms with van der Waals surface area (Å²) in [6.45, 7) is 0.532. The molecule has 0 spiro atoms. The summed E-state index contributed by atoms with van der Waals surface area (Å²) in [5, 5.41) is 24.4. The van der Waals surface area contributed by atoms with Crippen LogP contribution in [0.2, 0.25) is 0 Å². The number of nitrogens with zero attached hydrogens (tertiary/aromatic N) is 1. The summed E-state index contributed by atoms with van der Waals surface area (Å²) in [7, 11) is -4.42. The molecule has 13 heteroatoms. The molecule has 2 aromatic carbocycles. The van der Waals surface area contributed by atoms with E-state index < -0.39 is 52.6 Å². The first-order chi connectivity index (χ1) is 20.8. The highest BCUT2D eigenvalue weighted by Crippen LogP contribution is 2.43. The highest BCUT2D eigenvalue weighted by molar-refractivity contribution is 7.89. The topological polar surface area (TPSA) is 153 Å². The molecule has 6 atom stereocenters. The molecule has 2 saturated heterocycles. The number of carbonyl (C=O) groups is 1. The fourth-order valence-corrected chi connectivity index (χ4v) is 8.19. The van der Waals surface area contributed by atoms with E-state index in [2.05, 4.69) is 5.32 Å². The number of amides is 1. The van der Waals surface area contributed by atoms with Crippen molar-refractivity contribution in [1.29, 1.82) is 0 Å². The number of hydrogen-bond acceptors (Lipinski definition) is 9. The van der Waals surface area contributed by atoms with Gasteiger partial charge in [-0.3, -0.25) is 4.84 Å². The Hall–Kier alpha value is -2.94. The van der Waals surface area contributed by atoms with Crippen LogP contribution >= 0.6 is 0 Å². The number of sulfonamides is 1. The lowest BCUT2D eigenvalue weighted by molar-refractivity contribution is -0.197. The molecule has 1 amide bonds. The molecular weight excluding hydrogens is 580 g/mol. The number of aliphatic hydroxyl groups excluding tert-OH is 1. The number of nitrogens with one attached hydrogen (secondary N) is 1. The monoisotopic (exact) mass is 618 g/mol. The van der Waals surface area contributed by atoms with E-state index in [1.807, 2.05) is 30.3 Å². The minimum atomic E-state index is -4.42. The van der Waals surface area contributed by atoms with Crippen molar-refractivity contribution in [2.24, 2.45) is 11.8 Å². The highest BCUT2D eigenvalue weighted by Gasteiger charge is 2.53. The average molecular weight is 619 g/mol. The molecule has 4 aliphatic rings. The van der Waals surface area contributed by atoms with E-state index in [4.69, 9.17) is 23.8 Å². The average Bonchev–Trinajstić information content (AvgIpc) is 3.75. The van der Waals surface area contributed by atoms with E-state index in [0.29, 0.717) is 37.4 Å². The second kappa shape index (κ2) is 13.0. The number of fused-ring (bicyclic) bond motifs is 2. The molecule has 6 rings (SSSR count). The van der Waals surface area contributed by atoms with Gasteiger partial charge in [-0.05, 0) is 43.4 Å². The van der Waals surface area contributed by atoms with Crippen LogP contribution in [0.1, 0.15) is 44.1 Å². The van der Waals surface area contributed by atoms with Gasteiger partial charge in [0.25, 0.3) is 10.0 Å². The number of aliphatic hydroxyl groups is 1. The predicted octanol–water partition coefficient (Wildman–Crippen LogP) is 3.29. The molecule has 3 N–H and O–H groups in total. The molecule has 234 valence electrons. The zero-order valence-electron chi connectivity index (χ0n) is 23.7. The van der Waals surface area contributed by atoms with Crippen molar-refractivity contribution in [3.8, 4) is 11.5 Å². The summed E-state index contributed by atoms with van der Waals surface area (Å²) in [5.74, 6) is -0.0345. The summed E-state index contributed by atoms with van der Waals surface area (Å²) < 4.78 is 52.7. The SMILES string of the molecule is O=C(O)N[C@@H](Cc1ccccc1)[C@@H](O)C([C@@H]1CO[C@H]2OCC[C@H]21)N(OC1CCCCC1)S(=O)(=O)c1ccc2c(c1)OCO2. The molecular formula is C30H38N2O10S. The van der Waals surface area contributed by atoms with E-state index in [9.17, 15) is 23.4 Å². The van der Waals surface area contributed by atoms with Gasteiger partial charge in [-0.1, -0.05) is 54.1 Å². The Morgan fingerprint density at radius 1 is 1.02 bits per heavy atom. The Morgan fingerprint density at radius 2 is 1.79 bits per heavy atom. The number of carboxylic acid groups (broad SMARTS) is 1. The van der Waals surface area contributed by atoms with Crippen LogP contribution in [-0.4, -0.2) is 79.8 Å². The van der Waals surface area contributed by atoms with Gasteiger partial charge in [-0.25, -0.2) is 13.2 Å². The van der Waals surface area contributed by atoms with Crippen LogP contribution in [0.25, 0.3) is 0 Å². The van der Waals surface area contributed by atoms with Gasteiger partial charge in [0.05, 0.1) is 42.4 Å². The van der Waals surface area contributed by atoms with Crippen molar-refractivity contribution in [1.82, 2.24) is 9.79 Å². The van der Waals surface area contributed by atoms with Crippen molar-refractivity contribution in [2.45, 2.75) is 80.4 Å². The van der Waals surface area contributed by atoms with Crippen molar-refractivity contribution < 1.29 is 47.2 Å². The lowest BCUT2D eigenvalue weighted by Crippen LogP contribution is -2.60. The molecule has 2 aromatic rings. The third-order valence-electron chi connectivity index (χ3n) is 8.82. The Bertz CT molecular complexity index is 1370. The van der Waals surface area contributed by atoms with Crippen LogP contribution in [0.5, 0.6) is 11.5 Å². The number of ether oxygens (including phenoxy) is 4. The first kappa shape index (κ1) is 30.1. The molecule has 3 fully saturated rings. The van der Waals surface area contributed by atoms with Crippen LogP contribution in [0.4, 0.5) is 4.79 Å². The fourth-order valence-electron chi connectivity index (χ4n) is 6.65. The molecule has 3 aliphatic heterocycles. The van der Waals surface area contributed by atoms with Gasteiger partial charge in [0, 0.05) is 17.9 Å². The fraction of sp³-hybridized carbons (Fsp3) is 0.567. The normalized spacial score (nSPS) is 25.8. The van der Waals surface area contributed by atoms with E-state index >= 15 is 0 Å². The molecule has 12 nitrogen and oxygen atoms in total. The quantitative estimate of drug-likeness (QED) is 0.320. The van der Waals surface area contributed by atoms with Crippen LogP contribution in [0.15, 0.2) is 53.4 Å². The van der Waals surface area contributed by atoms with Gasteiger partial charge >= 0.3 is 6.09 Å². The summed E-state index contributed by atoms with van der Waals surface area (Å²) in [6.07, 6.45) is 1.09. The maximum absolute atomic E-state index is 14.6. The second-order valence-corrected chi connectivity index (χ2v) is 13.3. The Morgan fingerprint density at radius 3 is 2.56 bits per heavy atom. The van der Waals surface area contributed by atoms with Crippen LogP contribution in [0.3, 0.4) is 0 Å². The third kappa shape index (κ3) is 6.47. The summed E-state index contributed by atoms with van der Waals surface area (Å²) in [5.41, 5.74) is 0.780. The molecule has 1 saturated carbocycles. The molecule has 3 heterocycles. The molecule has 0 bridgehead atoms. The van der Waals surface area contributed by atoms with E-state index in [-0.39, 0.29) is 30.6 Å². The predicted molar refractivity (Wildman–Crippen MR) is 152 cm³/mol. The van der Waals surface area contributed by atoms with Gasteiger partial charge in [-0.2, -0.15) is 0 Å². The molecule has 0 aromatic heterocycles. The zero-order valence-corrected chi connectivity index (χ0v) is 24.6. The van der Waals surface area contributed by atoms with Crippen molar-refractivity contribution in [2.75, 3.05) is 20.0 Å². The number of benzene rings is 2. The first-order valence-electron chi connectivity index (χ1n) is 14.9. The zero-order chi connectivity index (χ0) is 30.0. The lowest BCUT2D eigenvalue weighted by Gasteiger charge is -2.42.